The zero-order valence-electron chi connectivity index (χ0n) is 14.2. The molecule has 1 unspecified atom stereocenters. The summed E-state index contributed by atoms with van der Waals surface area (Å²) in [6.45, 7) is 0.459. The molecule has 0 saturated carbocycles. The van der Waals surface area contributed by atoms with E-state index in [9.17, 15) is 14.4 Å². The summed E-state index contributed by atoms with van der Waals surface area (Å²) in [6.07, 6.45) is 1.26. The molecule has 0 aromatic heterocycles. The Morgan fingerprint density at radius 2 is 1.78 bits per heavy atom. The molecule has 0 bridgehead atoms. The highest BCUT2D eigenvalue weighted by Crippen LogP contribution is 2.27. The van der Waals surface area contributed by atoms with Gasteiger partial charge in [-0.3, -0.25) is 14.4 Å². The van der Waals surface area contributed by atoms with Crippen LogP contribution in [-0.4, -0.2) is 35.2 Å². The minimum Gasteiger partial charge on any atom is -0.366 e. The molecule has 8 heteroatoms. The highest BCUT2D eigenvalue weighted by molar-refractivity contribution is 6.35. The number of carbonyl (C=O) groups is 3. The van der Waals surface area contributed by atoms with Crippen molar-refractivity contribution in [2.24, 2.45) is 5.73 Å². The maximum Gasteiger partial charge on any atom is 0.256 e. The molecule has 1 fully saturated rings. The second-order valence-corrected chi connectivity index (χ2v) is 7.06. The maximum absolute atomic E-state index is 12.9. The highest BCUT2D eigenvalue weighted by atomic mass is 35.5. The number of rotatable bonds is 4. The van der Waals surface area contributed by atoms with Gasteiger partial charge in [0, 0.05) is 22.8 Å². The van der Waals surface area contributed by atoms with Crippen LogP contribution in [0.1, 0.15) is 33.6 Å². The molecule has 2 aromatic carbocycles. The number of carbonyl (C=O) groups excluding carboxylic acids is 3. The van der Waals surface area contributed by atoms with Crippen LogP contribution in [0.25, 0.3) is 0 Å². The van der Waals surface area contributed by atoms with Crippen molar-refractivity contribution in [1.29, 1.82) is 0 Å². The van der Waals surface area contributed by atoms with Gasteiger partial charge in [-0.1, -0.05) is 23.2 Å². The second kappa shape index (κ2) is 7.98. The van der Waals surface area contributed by atoms with E-state index in [4.69, 9.17) is 28.9 Å². The van der Waals surface area contributed by atoms with E-state index in [0.717, 1.165) is 0 Å². The van der Waals surface area contributed by atoms with E-state index < -0.39 is 11.9 Å². The van der Waals surface area contributed by atoms with E-state index in [0.29, 0.717) is 35.7 Å². The Morgan fingerprint density at radius 3 is 2.44 bits per heavy atom. The molecule has 6 nitrogen and oxygen atoms in total. The average Bonchev–Trinajstić information content (AvgIpc) is 3.13. The number of amides is 3. The Labute approximate surface area is 166 Å². The van der Waals surface area contributed by atoms with Crippen LogP contribution in [0.3, 0.4) is 0 Å². The van der Waals surface area contributed by atoms with Crippen molar-refractivity contribution in [2.45, 2.75) is 18.9 Å². The predicted molar refractivity (Wildman–Crippen MR) is 104 cm³/mol. The van der Waals surface area contributed by atoms with Gasteiger partial charge in [0.2, 0.25) is 11.8 Å². The number of nitrogens with zero attached hydrogens (tertiary/aromatic N) is 1. The molecule has 0 spiro atoms. The summed E-state index contributed by atoms with van der Waals surface area (Å²) in [5, 5.41) is 3.46. The molecule has 3 rings (SSSR count). The lowest BCUT2D eigenvalue weighted by Gasteiger charge is -2.24. The topological polar surface area (TPSA) is 92.5 Å². The van der Waals surface area contributed by atoms with E-state index in [1.807, 2.05) is 0 Å². The van der Waals surface area contributed by atoms with Crippen LogP contribution in [-0.2, 0) is 4.79 Å². The highest BCUT2D eigenvalue weighted by Gasteiger charge is 2.35. The second-order valence-electron chi connectivity index (χ2n) is 6.21. The fraction of sp³-hybridized carbons (Fsp3) is 0.211. The van der Waals surface area contributed by atoms with E-state index in [1.165, 1.54) is 23.1 Å². The van der Waals surface area contributed by atoms with Crippen molar-refractivity contribution < 1.29 is 14.4 Å². The Hall–Kier alpha value is -2.57. The summed E-state index contributed by atoms with van der Waals surface area (Å²) < 4.78 is 0. The van der Waals surface area contributed by atoms with Gasteiger partial charge in [0.05, 0.1) is 10.6 Å². The zero-order chi connectivity index (χ0) is 19.6. The van der Waals surface area contributed by atoms with Crippen LogP contribution in [0, 0.1) is 0 Å². The molecular weight excluding hydrogens is 389 g/mol. The van der Waals surface area contributed by atoms with Gasteiger partial charge in [0.15, 0.2) is 0 Å². The molecule has 3 amide bonds. The molecule has 0 aliphatic carbocycles. The van der Waals surface area contributed by atoms with Gasteiger partial charge in [0.1, 0.15) is 6.04 Å². The van der Waals surface area contributed by atoms with Gasteiger partial charge in [-0.2, -0.15) is 0 Å². The Balaban J connectivity index is 1.75. The van der Waals surface area contributed by atoms with Crippen molar-refractivity contribution in [1.82, 2.24) is 4.90 Å². The molecule has 1 aliphatic heterocycles. The first-order valence-corrected chi connectivity index (χ1v) is 9.09. The SMILES string of the molecule is NC(=O)c1ccc(NC(=O)C2CCCN2C(=O)c2cc(Cl)ccc2Cl)cc1. The number of primary amides is 1. The summed E-state index contributed by atoms with van der Waals surface area (Å²) in [5.41, 5.74) is 6.34. The van der Waals surface area contributed by atoms with Gasteiger partial charge in [-0.05, 0) is 55.3 Å². The zero-order valence-corrected chi connectivity index (χ0v) is 15.8. The minimum atomic E-state index is -0.608. The minimum absolute atomic E-state index is 0.273. The van der Waals surface area contributed by atoms with Gasteiger partial charge in [-0.25, -0.2) is 0 Å². The lowest BCUT2D eigenvalue weighted by Crippen LogP contribution is -2.43. The predicted octanol–water partition coefficient (Wildman–Crippen LogP) is 3.34. The molecule has 1 atom stereocenters. The summed E-state index contributed by atoms with van der Waals surface area (Å²) in [5.74, 6) is -1.17. The molecule has 27 heavy (non-hydrogen) atoms. The van der Waals surface area contributed by atoms with Crippen LogP contribution >= 0.6 is 23.2 Å². The standard InChI is InChI=1S/C19H17Cl2N3O3/c20-12-5-8-15(21)14(10-12)19(27)24-9-1-2-16(24)18(26)23-13-6-3-11(4-7-13)17(22)25/h3-8,10,16H,1-2,9H2,(H2,22,25)(H,23,26). The number of likely N-dealkylation sites (tertiary alicyclic amines) is 1. The summed E-state index contributed by atoms with van der Waals surface area (Å²) >= 11 is 12.1. The summed E-state index contributed by atoms with van der Waals surface area (Å²) in [4.78, 5) is 38.2. The fourth-order valence-corrected chi connectivity index (χ4v) is 3.41. The number of benzene rings is 2. The third-order valence-corrected chi connectivity index (χ3v) is 4.98. The number of halogens is 2. The van der Waals surface area contributed by atoms with Crippen LogP contribution in [0.5, 0.6) is 0 Å². The van der Waals surface area contributed by atoms with Crippen molar-refractivity contribution >= 4 is 46.6 Å². The third kappa shape index (κ3) is 4.23. The van der Waals surface area contributed by atoms with Crippen LogP contribution in [0.15, 0.2) is 42.5 Å². The lowest BCUT2D eigenvalue weighted by molar-refractivity contribution is -0.119. The molecule has 140 valence electrons. The quantitative estimate of drug-likeness (QED) is 0.816. The first kappa shape index (κ1) is 19.2. The number of nitrogens with two attached hydrogens (primary N) is 1. The molecule has 1 saturated heterocycles. The molecule has 0 radical (unpaired) electrons. The number of hydrogen-bond donors (Lipinski definition) is 2. The molecular formula is C19H17Cl2N3O3. The number of nitrogens with one attached hydrogen (secondary N) is 1. The lowest BCUT2D eigenvalue weighted by atomic mass is 10.1. The van der Waals surface area contributed by atoms with E-state index in [2.05, 4.69) is 5.32 Å². The summed E-state index contributed by atoms with van der Waals surface area (Å²) in [6, 6.07) is 10.3. The van der Waals surface area contributed by atoms with Crippen molar-refractivity contribution in [3.8, 4) is 0 Å². The van der Waals surface area contributed by atoms with Crippen molar-refractivity contribution in [2.75, 3.05) is 11.9 Å². The third-order valence-electron chi connectivity index (χ3n) is 4.41. The molecule has 2 aromatic rings. The monoisotopic (exact) mass is 405 g/mol. The van der Waals surface area contributed by atoms with Crippen LogP contribution in [0.2, 0.25) is 10.0 Å². The maximum atomic E-state index is 12.9. The number of anilines is 1. The first-order chi connectivity index (χ1) is 12.9. The van der Waals surface area contributed by atoms with Crippen LogP contribution in [0.4, 0.5) is 5.69 Å². The smallest absolute Gasteiger partial charge is 0.256 e. The molecule has 1 heterocycles. The Bertz CT molecular complexity index is 900. The summed E-state index contributed by atoms with van der Waals surface area (Å²) in [7, 11) is 0. The van der Waals surface area contributed by atoms with E-state index in [1.54, 1.807) is 24.3 Å². The largest absolute Gasteiger partial charge is 0.366 e. The Morgan fingerprint density at radius 1 is 1.07 bits per heavy atom. The van der Waals surface area contributed by atoms with Crippen molar-refractivity contribution in [3.05, 3.63) is 63.6 Å². The average molecular weight is 406 g/mol. The van der Waals surface area contributed by atoms with E-state index in [-0.39, 0.29) is 22.4 Å². The van der Waals surface area contributed by atoms with Gasteiger partial charge in [-0.15, -0.1) is 0 Å². The normalized spacial score (nSPS) is 16.2. The Kier molecular flexibility index (Phi) is 5.68. The van der Waals surface area contributed by atoms with Gasteiger partial charge >= 0.3 is 0 Å². The van der Waals surface area contributed by atoms with Gasteiger partial charge in [0.25, 0.3) is 5.91 Å². The van der Waals surface area contributed by atoms with Crippen molar-refractivity contribution in [3.63, 3.8) is 0 Å². The first-order valence-electron chi connectivity index (χ1n) is 8.33. The van der Waals surface area contributed by atoms with E-state index >= 15 is 0 Å². The number of hydrogen-bond acceptors (Lipinski definition) is 3. The molecule has 1 aliphatic rings. The fourth-order valence-electron chi connectivity index (χ4n) is 3.04. The van der Waals surface area contributed by atoms with Gasteiger partial charge < -0.3 is 16.0 Å². The van der Waals surface area contributed by atoms with Crippen LogP contribution < -0.4 is 11.1 Å². The molecule has 3 N–H and O–H groups in total.